The lowest BCUT2D eigenvalue weighted by atomic mass is 10.2. The molecule has 0 amide bonds. The van der Waals surface area contributed by atoms with Crippen molar-refractivity contribution >= 4 is 11.6 Å². The van der Waals surface area contributed by atoms with Gasteiger partial charge < -0.3 is 15.5 Å². The monoisotopic (exact) mass is 263 g/mol. The van der Waals surface area contributed by atoms with E-state index in [-0.39, 0.29) is 0 Å². The minimum Gasteiger partial charge on any atom is -0.369 e. The quantitative estimate of drug-likeness (QED) is 0.766. The van der Waals surface area contributed by atoms with E-state index in [1.165, 1.54) is 25.7 Å². The van der Waals surface area contributed by atoms with Crippen LogP contribution in [0.5, 0.6) is 0 Å². The molecule has 0 aromatic carbocycles. The Bertz CT molecular complexity index is 401. The zero-order valence-electron chi connectivity index (χ0n) is 12.2. The van der Waals surface area contributed by atoms with Gasteiger partial charge in [-0.3, -0.25) is 0 Å². The zero-order chi connectivity index (χ0) is 13.7. The molecule has 5 heteroatoms. The second-order valence-electron chi connectivity index (χ2n) is 5.24. The molecule has 1 fully saturated rings. The first kappa shape index (κ1) is 14.1. The molecule has 5 nitrogen and oxygen atoms in total. The Morgan fingerprint density at radius 1 is 1.26 bits per heavy atom. The normalized spacial score (nSPS) is 15.7. The molecule has 0 radical (unpaired) electrons. The Kier molecular flexibility index (Phi) is 4.96. The fourth-order valence-corrected chi connectivity index (χ4v) is 2.62. The number of aryl methyl sites for hydroxylation is 1. The van der Waals surface area contributed by atoms with Gasteiger partial charge in [0.1, 0.15) is 17.5 Å². The van der Waals surface area contributed by atoms with E-state index in [9.17, 15) is 0 Å². The van der Waals surface area contributed by atoms with E-state index < -0.39 is 0 Å². The first-order valence-corrected chi connectivity index (χ1v) is 7.17. The van der Waals surface area contributed by atoms with Gasteiger partial charge in [-0.2, -0.15) is 0 Å². The van der Waals surface area contributed by atoms with Crippen molar-refractivity contribution in [3.05, 3.63) is 11.9 Å². The van der Waals surface area contributed by atoms with E-state index in [0.29, 0.717) is 6.04 Å². The maximum absolute atomic E-state index is 4.57. The third-order valence-electron chi connectivity index (χ3n) is 3.74. The predicted octanol–water partition coefficient (Wildman–Crippen LogP) is 1.80. The summed E-state index contributed by atoms with van der Waals surface area (Å²) in [5.74, 6) is 2.78. The number of likely N-dealkylation sites (N-methyl/N-ethyl adjacent to an activating group) is 1. The summed E-state index contributed by atoms with van der Waals surface area (Å²) in [6.07, 6.45) is 5.24. The van der Waals surface area contributed by atoms with E-state index >= 15 is 0 Å². The molecule has 0 spiro atoms. The number of rotatable bonds is 6. The van der Waals surface area contributed by atoms with Gasteiger partial charge in [0.25, 0.3) is 0 Å². The fraction of sp³-hybridized carbons (Fsp3) is 0.714. The second kappa shape index (κ2) is 6.70. The number of nitrogens with one attached hydrogen (secondary N) is 2. The summed E-state index contributed by atoms with van der Waals surface area (Å²) in [5, 5.41) is 6.45. The second-order valence-corrected chi connectivity index (χ2v) is 5.24. The molecular weight excluding hydrogens is 238 g/mol. The van der Waals surface area contributed by atoms with Gasteiger partial charge in [0.15, 0.2) is 0 Å². The minimum atomic E-state index is 0.638. The van der Waals surface area contributed by atoms with Gasteiger partial charge in [0.05, 0.1) is 0 Å². The molecular formula is C14H25N5. The van der Waals surface area contributed by atoms with Crippen LogP contribution in [-0.4, -0.2) is 43.2 Å². The lowest BCUT2D eigenvalue weighted by molar-refractivity contribution is 0.644. The number of hydrogen-bond donors (Lipinski definition) is 2. The number of hydrogen-bond acceptors (Lipinski definition) is 5. The highest BCUT2D eigenvalue weighted by atomic mass is 15.2. The van der Waals surface area contributed by atoms with Crippen LogP contribution in [0.3, 0.4) is 0 Å². The van der Waals surface area contributed by atoms with E-state index in [1.807, 2.05) is 14.0 Å². The Labute approximate surface area is 115 Å². The molecule has 0 atom stereocenters. The molecule has 1 aromatic heterocycles. The van der Waals surface area contributed by atoms with Crippen LogP contribution < -0.4 is 15.5 Å². The van der Waals surface area contributed by atoms with Gasteiger partial charge >= 0.3 is 0 Å². The van der Waals surface area contributed by atoms with Crippen molar-refractivity contribution in [3.63, 3.8) is 0 Å². The summed E-state index contributed by atoms with van der Waals surface area (Å²) in [6.45, 7) is 3.76. The maximum Gasteiger partial charge on any atom is 0.134 e. The Morgan fingerprint density at radius 3 is 2.68 bits per heavy atom. The van der Waals surface area contributed by atoms with Crippen LogP contribution in [0.25, 0.3) is 0 Å². The zero-order valence-corrected chi connectivity index (χ0v) is 12.2. The molecule has 19 heavy (non-hydrogen) atoms. The molecule has 0 saturated heterocycles. The van der Waals surface area contributed by atoms with Gasteiger partial charge in [-0.05, 0) is 26.8 Å². The Balaban J connectivity index is 2.06. The van der Waals surface area contributed by atoms with Crippen LogP contribution in [0.2, 0.25) is 0 Å². The van der Waals surface area contributed by atoms with E-state index in [2.05, 4.69) is 38.6 Å². The lowest BCUT2D eigenvalue weighted by Crippen LogP contribution is -2.30. The standard InChI is InChI=1S/C14H25N5/c1-11-17-13(16-9-8-15-2)10-14(18-11)19(3)12-6-4-5-7-12/h10,12,15H,4-9H2,1-3H3,(H,16,17,18). The highest BCUT2D eigenvalue weighted by Crippen LogP contribution is 2.26. The largest absolute Gasteiger partial charge is 0.369 e. The molecule has 1 aliphatic rings. The summed E-state index contributed by atoms with van der Waals surface area (Å²) in [7, 11) is 4.10. The topological polar surface area (TPSA) is 53.1 Å². The van der Waals surface area contributed by atoms with Crippen LogP contribution in [0, 0.1) is 6.92 Å². The lowest BCUT2D eigenvalue weighted by Gasteiger charge is -2.26. The van der Waals surface area contributed by atoms with Crippen molar-refractivity contribution in [2.24, 2.45) is 0 Å². The fourth-order valence-electron chi connectivity index (χ4n) is 2.62. The third-order valence-corrected chi connectivity index (χ3v) is 3.74. The number of anilines is 2. The van der Waals surface area contributed by atoms with Gasteiger partial charge in [-0.25, -0.2) is 9.97 Å². The molecule has 0 bridgehead atoms. The third kappa shape index (κ3) is 3.80. The van der Waals surface area contributed by atoms with Crippen molar-refractivity contribution < 1.29 is 0 Å². The SMILES string of the molecule is CNCCNc1cc(N(C)C2CCCC2)nc(C)n1. The molecule has 0 aliphatic heterocycles. The van der Waals surface area contributed by atoms with Crippen LogP contribution in [-0.2, 0) is 0 Å². The van der Waals surface area contributed by atoms with Crippen molar-refractivity contribution in [2.45, 2.75) is 38.6 Å². The van der Waals surface area contributed by atoms with E-state index in [1.54, 1.807) is 0 Å². The van der Waals surface area contributed by atoms with Gasteiger partial charge in [-0.1, -0.05) is 12.8 Å². The smallest absolute Gasteiger partial charge is 0.134 e. The predicted molar refractivity (Wildman–Crippen MR) is 79.8 cm³/mol. The van der Waals surface area contributed by atoms with E-state index in [4.69, 9.17) is 0 Å². The minimum absolute atomic E-state index is 0.638. The summed E-state index contributed by atoms with van der Waals surface area (Å²) in [5.41, 5.74) is 0. The van der Waals surface area contributed by atoms with Crippen LogP contribution in [0.4, 0.5) is 11.6 Å². The highest BCUT2D eigenvalue weighted by Gasteiger charge is 2.21. The van der Waals surface area contributed by atoms with Crippen molar-refractivity contribution in [3.8, 4) is 0 Å². The van der Waals surface area contributed by atoms with Crippen molar-refractivity contribution in [1.29, 1.82) is 0 Å². The Hall–Kier alpha value is -1.36. The first-order chi connectivity index (χ1) is 9.20. The van der Waals surface area contributed by atoms with E-state index in [0.717, 1.165) is 30.5 Å². The highest BCUT2D eigenvalue weighted by molar-refractivity contribution is 5.49. The molecule has 1 aromatic rings. The Morgan fingerprint density at radius 2 is 2.00 bits per heavy atom. The van der Waals surface area contributed by atoms with Crippen molar-refractivity contribution in [2.75, 3.05) is 37.4 Å². The molecule has 106 valence electrons. The van der Waals surface area contributed by atoms with Gasteiger partial charge in [0, 0.05) is 32.2 Å². The maximum atomic E-state index is 4.57. The number of aromatic nitrogens is 2. The average molecular weight is 263 g/mol. The average Bonchev–Trinajstić information content (AvgIpc) is 2.91. The summed E-state index contributed by atoms with van der Waals surface area (Å²) in [6, 6.07) is 2.69. The molecule has 1 heterocycles. The van der Waals surface area contributed by atoms with Crippen LogP contribution in [0.15, 0.2) is 6.07 Å². The molecule has 1 saturated carbocycles. The molecule has 0 unspecified atom stereocenters. The van der Waals surface area contributed by atoms with Crippen molar-refractivity contribution in [1.82, 2.24) is 15.3 Å². The summed E-state index contributed by atoms with van der Waals surface area (Å²) in [4.78, 5) is 11.3. The summed E-state index contributed by atoms with van der Waals surface area (Å²) < 4.78 is 0. The van der Waals surface area contributed by atoms with Gasteiger partial charge in [-0.15, -0.1) is 0 Å². The molecule has 2 N–H and O–H groups in total. The molecule has 1 aliphatic carbocycles. The number of nitrogens with zero attached hydrogens (tertiary/aromatic N) is 3. The van der Waals surface area contributed by atoms with Crippen LogP contribution in [0.1, 0.15) is 31.5 Å². The molecule has 2 rings (SSSR count). The summed E-state index contributed by atoms with van der Waals surface area (Å²) >= 11 is 0. The van der Waals surface area contributed by atoms with Crippen LogP contribution >= 0.6 is 0 Å². The first-order valence-electron chi connectivity index (χ1n) is 7.17. The van der Waals surface area contributed by atoms with Gasteiger partial charge in [0.2, 0.25) is 0 Å².